The van der Waals surface area contributed by atoms with E-state index in [1.165, 1.54) is 9.80 Å². The zero-order valence-electron chi connectivity index (χ0n) is 24.3. The Labute approximate surface area is 245 Å². The number of piperazine rings is 2. The van der Waals surface area contributed by atoms with E-state index in [2.05, 4.69) is 4.90 Å². The molecule has 0 aliphatic carbocycles. The van der Waals surface area contributed by atoms with Crippen LogP contribution in [0.15, 0.2) is 36.4 Å². The molecule has 2 aromatic carbocycles. The molecule has 0 spiro atoms. The number of ether oxygens (including phenoxy) is 1. The molecule has 3 amide bonds. The fourth-order valence-corrected chi connectivity index (χ4v) is 5.08. The molecule has 2 heterocycles. The number of carbonyl (C=O) groups excluding carboxylic acids is 4. The first-order chi connectivity index (χ1) is 19.3. The summed E-state index contributed by atoms with van der Waals surface area (Å²) >= 11 is 6.12. The maximum absolute atomic E-state index is 13.5. The van der Waals surface area contributed by atoms with Gasteiger partial charge >= 0.3 is 17.8 Å². The lowest BCUT2D eigenvalue weighted by molar-refractivity contribution is -0.137. The van der Waals surface area contributed by atoms with Crippen LogP contribution in [0.3, 0.4) is 0 Å². The van der Waals surface area contributed by atoms with Gasteiger partial charge in [-0.2, -0.15) is 0 Å². The first kappa shape index (κ1) is 30.3. The lowest BCUT2D eigenvalue weighted by Crippen LogP contribution is -2.55. The number of halogens is 1. The fourth-order valence-electron chi connectivity index (χ4n) is 4.92. The number of amides is 3. The fraction of sp³-hybridized carbons (Fsp3) is 0.467. The van der Waals surface area contributed by atoms with Gasteiger partial charge in [-0.3, -0.25) is 29.0 Å². The maximum atomic E-state index is 13.5. The second-order valence-corrected chi connectivity index (χ2v) is 12.3. The highest BCUT2D eigenvalue weighted by molar-refractivity contribution is 6.46. The van der Waals surface area contributed by atoms with E-state index in [1.807, 2.05) is 34.6 Å². The molecule has 2 aliphatic heterocycles. The number of hydrogen-bond acceptors (Lipinski definition) is 7. The van der Waals surface area contributed by atoms with E-state index >= 15 is 0 Å². The molecule has 0 aromatic heterocycles. The van der Waals surface area contributed by atoms with Crippen LogP contribution in [0.1, 0.15) is 47.5 Å². The molecule has 0 unspecified atom stereocenters. The van der Waals surface area contributed by atoms with E-state index in [9.17, 15) is 19.2 Å². The number of para-hydroxylation sites is 1. The van der Waals surface area contributed by atoms with Crippen LogP contribution in [-0.2, 0) is 19.2 Å². The molecule has 11 heteroatoms. The highest BCUT2D eigenvalue weighted by Crippen LogP contribution is 2.41. The Morgan fingerprint density at radius 1 is 0.927 bits per heavy atom. The Bertz CT molecular complexity index is 1360. The van der Waals surface area contributed by atoms with Gasteiger partial charge in [0.05, 0.1) is 29.3 Å². The summed E-state index contributed by atoms with van der Waals surface area (Å²) in [6.07, 6.45) is 0.744. The van der Waals surface area contributed by atoms with Gasteiger partial charge in [-0.05, 0) is 56.0 Å². The number of benzene rings is 2. The van der Waals surface area contributed by atoms with E-state index in [4.69, 9.17) is 22.1 Å². The lowest BCUT2D eigenvalue weighted by atomic mass is 9.91. The van der Waals surface area contributed by atoms with Gasteiger partial charge in [0, 0.05) is 43.7 Å². The van der Waals surface area contributed by atoms with Crippen molar-refractivity contribution in [1.82, 2.24) is 4.90 Å². The second kappa shape index (κ2) is 12.1. The first-order valence-electron chi connectivity index (χ1n) is 13.8. The third-order valence-corrected chi connectivity index (χ3v) is 7.57. The molecule has 2 aliphatic rings. The minimum absolute atomic E-state index is 0.0919. The van der Waals surface area contributed by atoms with Gasteiger partial charge in [0.25, 0.3) is 0 Å². The summed E-state index contributed by atoms with van der Waals surface area (Å²) in [7, 11) is 0. The van der Waals surface area contributed by atoms with Gasteiger partial charge in [-0.25, -0.2) is 0 Å². The molecule has 2 N–H and O–H groups in total. The van der Waals surface area contributed by atoms with Gasteiger partial charge in [-0.15, -0.1) is 0 Å². The van der Waals surface area contributed by atoms with Crippen LogP contribution in [0.25, 0.3) is 0 Å². The average Bonchev–Trinajstić information content (AvgIpc) is 2.90. The maximum Gasteiger partial charge on any atom is 0.317 e. The minimum atomic E-state index is -0.810. The molecule has 4 rings (SSSR count). The van der Waals surface area contributed by atoms with Crippen LogP contribution < -0.4 is 25.2 Å². The highest BCUT2D eigenvalue weighted by atomic mass is 35.5. The number of esters is 1. The van der Waals surface area contributed by atoms with Crippen molar-refractivity contribution < 1.29 is 23.9 Å². The molecular weight excluding hydrogens is 546 g/mol. The second-order valence-electron chi connectivity index (χ2n) is 11.9. The van der Waals surface area contributed by atoms with E-state index < -0.39 is 17.8 Å². The molecular formula is C30H38ClN5O5. The van der Waals surface area contributed by atoms with E-state index in [1.54, 1.807) is 41.3 Å². The monoisotopic (exact) mass is 583 g/mol. The number of nitrogen functional groups attached to an aromatic ring is 1. The number of carbonyl (C=O) groups is 4. The normalized spacial score (nSPS) is 17.0. The summed E-state index contributed by atoms with van der Waals surface area (Å²) in [5.74, 6) is -2.13. The summed E-state index contributed by atoms with van der Waals surface area (Å²) in [4.78, 5) is 59.4. The quantitative estimate of drug-likeness (QED) is 0.226. The number of nitrogens with zero attached hydrogens (tertiary/aromatic N) is 4. The topological polar surface area (TPSA) is 116 Å². The molecule has 220 valence electrons. The van der Waals surface area contributed by atoms with Gasteiger partial charge < -0.3 is 20.3 Å². The lowest BCUT2D eigenvalue weighted by Gasteiger charge is -2.38. The molecule has 2 aromatic rings. The first-order valence-corrected chi connectivity index (χ1v) is 14.2. The zero-order valence-corrected chi connectivity index (χ0v) is 25.0. The number of anilines is 4. The van der Waals surface area contributed by atoms with E-state index in [-0.39, 0.29) is 54.9 Å². The van der Waals surface area contributed by atoms with Gasteiger partial charge in [-0.1, -0.05) is 38.4 Å². The summed E-state index contributed by atoms with van der Waals surface area (Å²) < 4.78 is 5.93. The van der Waals surface area contributed by atoms with Crippen LogP contribution >= 0.6 is 11.6 Å². The van der Waals surface area contributed by atoms with Gasteiger partial charge in [0.2, 0.25) is 5.91 Å². The smallest absolute Gasteiger partial charge is 0.317 e. The standard InChI is InChI=1S/C30H38ClN5O5/c1-19(2)33-13-14-34(25(37)18-33)22-7-6-8-23(27(22)41-26(38)11-12-30(3,4)5)35-15-16-36(29(40)28(35)39)24-17-20(31)9-10-21(24)32/h6-10,17,19H,11-16,18,32H2,1-5H3. The van der Waals surface area contributed by atoms with Crippen LogP contribution in [0.4, 0.5) is 22.7 Å². The zero-order chi connectivity index (χ0) is 30.1. The Hall–Kier alpha value is -3.63. The molecule has 2 saturated heterocycles. The molecule has 0 atom stereocenters. The summed E-state index contributed by atoms with van der Waals surface area (Å²) in [6, 6.07) is 9.96. The van der Waals surface area contributed by atoms with Crippen molar-refractivity contribution >= 4 is 58.0 Å². The molecule has 2 fully saturated rings. The third-order valence-electron chi connectivity index (χ3n) is 7.33. The van der Waals surface area contributed by atoms with E-state index in [0.29, 0.717) is 41.6 Å². The Morgan fingerprint density at radius 3 is 2.10 bits per heavy atom. The Kier molecular flexibility index (Phi) is 8.94. The van der Waals surface area contributed by atoms with Crippen molar-refractivity contribution in [2.75, 3.05) is 53.2 Å². The van der Waals surface area contributed by atoms with Crippen molar-refractivity contribution in [3.05, 3.63) is 41.4 Å². The van der Waals surface area contributed by atoms with Crippen molar-refractivity contribution in [2.45, 2.75) is 53.5 Å². The van der Waals surface area contributed by atoms with Crippen LogP contribution in [0.5, 0.6) is 5.75 Å². The summed E-state index contributed by atoms with van der Waals surface area (Å²) in [5, 5.41) is 0.385. The van der Waals surface area contributed by atoms with Crippen LogP contribution in [0, 0.1) is 5.41 Å². The van der Waals surface area contributed by atoms with Crippen molar-refractivity contribution in [3.8, 4) is 5.75 Å². The van der Waals surface area contributed by atoms with Crippen LogP contribution in [-0.4, -0.2) is 67.4 Å². The third kappa shape index (κ3) is 6.82. The van der Waals surface area contributed by atoms with Gasteiger partial charge in [0.1, 0.15) is 0 Å². The molecule has 41 heavy (non-hydrogen) atoms. The Morgan fingerprint density at radius 2 is 1.51 bits per heavy atom. The van der Waals surface area contributed by atoms with Gasteiger partial charge in [0.15, 0.2) is 5.75 Å². The van der Waals surface area contributed by atoms with Crippen LogP contribution in [0.2, 0.25) is 5.02 Å². The van der Waals surface area contributed by atoms with Crippen molar-refractivity contribution in [1.29, 1.82) is 0 Å². The molecule has 0 radical (unpaired) electrons. The van der Waals surface area contributed by atoms with Crippen molar-refractivity contribution in [3.63, 3.8) is 0 Å². The average molecular weight is 584 g/mol. The Balaban J connectivity index is 1.69. The van der Waals surface area contributed by atoms with Crippen molar-refractivity contribution in [2.24, 2.45) is 5.41 Å². The highest BCUT2D eigenvalue weighted by Gasteiger charge is 2.38. The number of nitrogens with two attached hydrogens (primary N) is 1. The number of rotatable bonds is 7. The minimum Gasteiger partial charge on any atom is -0.422 e. The summed E-state index contributed by atoms with van der Waals surface area (Å²) in [6.45, 7) is 11.7. The molecule has 0 bridgehead atoms. The predicted molar refractivity (Wildman–Crippen MR) is 160 cm³/mol. The number of hydrogen-bond donors (Lipinski definition) is 1. The molecule has 0 saturated carbocycles. The SMILES string of the molecule is CC(C)N1CCN(c2cccc(N3CCN(c4cc(Cl)ccc4N)C(=O)C3=O)c2OC(=O)CCC(C)(C)C)C(=O)C1. The predicted octanol–water partition coefficient (Wildman–Crippen LogP) is 4.09. The molecule has 10 nitrogen and oxygen atoms in total. The van der Waals surface area contributed by atoms with E-state index in [0.717, 1.165) is 0 Å². The largest absolute Gasteiger partial charge is 0.422 e. The summed E-state index contributed by atoms with van der Waals surface area (Å²) in [5.41, 5.74) is 7.30.